The van der Waals surface area contributed by atoms with Crippen LogP contribution in [-0.4, -0.2) is 37.1 Å². The lowest BCUT2D eigenvalue weighted by Gasteiger charge is -2.16. The number of nitrogens with two attached hydrogens (primary N) is 1. The van der Waals surface area contributed by atoms with Gasteiger partial charge in [0.25, 0.3) is 0 Å². The second kappa shape index (κ2) is 22.5. The molecule has 1 aromatic carbocycles. The van der Waals surface area contributed by atoms with E-state index in [1.807, 2.05) is 41.5 Å². The molecule has 0 bridgehead atoms. The van der Waals surface area contributed by atoms with Gasteiger partial charge in [0.2, 0.25) is 0 Å². The van der Waals surface area contributed by atoms with Gasteiger partial charge in [-0.05, 0) is 59.0 Å². The third-order valence-corrected chi connectivity index (χ3v) is 3.67. The van der Waals surface area contributed by atoms with Crippen LogP contribution in [0.5, 0.6) is 0 Å². The molecule has 0 saturated heterocycles. The maximum Gasteiger partial charge on any atom is 0.0456 e. The molecule has 1 heterocycles. The molecule has 0 spiro atoms. The van der Waals surface area contributed by atoms with Crippen molar-refractivity contribution in [2.75, 3.05) is 27.2 Å². The van der Waals surface area contributed by atoms with Crippen LogP contribution in [0, 0.1) is 0 Å². The molecule has 158 valence electrons. The number of nitrogens with one attached hydrogen (secondary N) is 1. The number of para-hydroxylation sites is 1. The summed E-state index contributed by atoms with van der Waals surface area (Å²) in [6.07, 6.45) is 6.69. The Morgan fingerprint density at radius 1 is 1.04 bits per heavy atom. The number of allylic oxidation sites excluding steroid dienone is 1. The molecule has 0 atom stereocenters. The Morgan fingerprint density at radius 2 is 1.59 bits per heavy atom. The molecule has 0 aliphatic carbocycles. The van der Waals surface area contributed by atoms with Gasteiger partial charge in [-0.1, -0.05) is 71.4 Å². The lowest BCUT2D eigenvalue weighted by molar-refractivity contribution is 0.356. The third kappa shape index (κ3) is 13.3. The standard InChI is InChI=1S/C17H24N2.3C2H6.CH5N/c1-4-14(2)13-19(3)11-7-8-15-12-18-17-10-6-5-9-16(15)17;4*1-2/h4-6,9-10,12,18H,7-8,11,13H2,1-3H3;3*1-2H3;2H2,1H3/b14-4+;;;;. The Morgan fingerprint density at radius 3 is 2.15 bits per heavy atom. The highest BCUT2D eigenvalue weighted by Crippen LogP contribution is 2.18. The van der Waals surface area contributed by atoms with E-state index in [0.717, 1.165) is 19.5 Å². The van der Waals surface area contributed by atoms with Crippen molar-refractivity contribution in [3.63, 3.8) is 0 Å². The van der Waals surface area contributed by atoms with Gasteiger partial charge in [0.15, 0.2) is 0 Å². The number of hydrogen-bond donors (Lipinski definition) is 2. The minimum atomic E-state index is 1.07. The first-order valence-electron chi connectivity index (χ1n) is 10.6. The first-order chi connectivity index (χ1) is 13.2. The number of nitrogens with zero attached hydrogens (tertiary/aromatic N) is 1. The summed E-state index contributed by atoms with van der Waals surface area (Å²) in [5, 5.41) is 1.37. The van der Waals surface area contributed by atoms with E-state index >= 15 is 0 Å². The zero-order valence-corrected chi connectivity index (χ0v) is 19.8. The highest BCUT2D eigenvalue weighted by Gasteiger charge is 2.04. The molecule has 27 heavy (non-hydrogen) atoms. The third-order valence-electron chi connectivity index (χ3n) is 3.67. The Labute approximate surface area is 170 Å². The van der Waals surface area contributed by atoms with Crippen molar-refractivity contribution < 1.29 is 0 Å². The number of aryl methyl sites for hydroxylation is 1. The summed E-state index contributed by atoms with van der Waals surface area (Å²) in [6.45, 7) is 18.5. The number of hydrogen-bond acceptors (Lipinski definition) is 2. The molecule has 0 unspecified atom stereocenters. The summed E-state index contributed by atoms with van der Waals surface area (Å²) in [4.78, 5) is 5.74. The van der Waals surface area contributed by atoms with Crippen LogP contribution in [0.4, 0.5) is 0 Å². The zero-order valence-electron chi connectivity index (χ0n) is 19.8. The fraction of sp³-hybridized carbons (Fsp3) is 0.583. The predicted molar refractivity (Wildman–Crippen MR) is 128 cm³/mol. The molecule has 0 radical (unpaired) electrons. The smallest absolute Gasteiger partial charge is 0.0456 e. The van der Waals surface area contributed by atoms with Gasteiger partial charge in [0.1, 0.15) is 0 Å². The highest BCUT2D eigenvalue weighted by atomic mass is 15.1. The van der Waals surface area contributed by atoms with E-state index in [1.54, 1.807) is 0 Å². The second-order valence-electron chi connectivity index (χ2n) is 5.34. The Kier molecular flexibility index (Phi) is 25.1. The number of aromatic nitrogens is 1. The lowest BCUT2D eigenvalue weighted by Crippen LogP contribution is -2.22. The number of benzene rings is 1. The number of fused-ring (bicyclic) bond motifs is 1. The molecule has 0 amide bonds. The van der Waals surface area contributed by atoms with Gasteiger partial charge in [-0.25, -0.2) is 0 Å². The van der Waals surface area contributed by atoms with Gasteiger partial charge in [-0.3, -0.25) is 0 Å². The van der Waals surface area contributed by atoms with E-state index < -0.39 is 0 Å². The van der Waals surface area contributed by atoms with Crippen molar-refractivity contribution in [1.82, 2.24) is 9.88 Å². The minimum Gasteiger partial charge on any atom is -0.361 e. The fourth-order valence-electron chi connectivity index (χ4n) is 2.47. The molecule has 3 heteroatoms. The quantitative estimate of drug-likeness (QED) is 0.553. The number of rotatable bonds is 6. The van der Waals surface area contributed by atoms with Crippen LogP contribution in [0.25, 0.3) is 10.9 Å². The van der Waals surface area contributed by atoms with Gasteiger partial charge >= 0.3 is 0 Å². The molecule has 0 saturated carbocycles. The first-order valence-corrected chi connectivity index (χ1v) is 10.6. The SMILES string of the molecule is C/C=C(\C)CN(C)CCCc1c[nH]c2ccccc12.CC.CC.CC.CN. The summed E-state index contributed by atoms with van der Waals surface area (Å²) in [7, 11) is 3.70. The first kappa shape index (κ1) is 30.2. The van der Waals surface area contributed by atoms with E-state index in [-0.39, 0.29) is 0 Å². The van der Waals surface area contributed by atoms with E-state index in [2.05, 4.69) is 73.1 Å². The van der Waals surface area contributed by atoms with Crippen LogP contribution in [0.3, 0.4) is 0 Å². The van der Waals surface area contributed by atoms with Gasteiger partial charge in [-0.2, -0.15) is 0 Å². The predicted octanol–water partition coefficient (Wildman–Crippen LogP) is 6.65. The summed E-state index contributed by atoms with van der Waals surface area (Å²) in [5.74, 6) is 0. The average Bonchev–Trinajstić information content (AvgIpc) is 3.17. The van der Waals surface area contributed by atoms with Crippen LogP contribution in [-0.2, 0) is 6.42 Å². The Balaban J connectivity index is -0.000000638. The molecule has 1 aromatic heterocycles. The van der Waals surface area contributed by atoms with E-state index in [1.165, 1.54) is 35.5 Å². The maximum absolute atomic E-state index is 4.50. The van der Waals surface area contributed by atoms with Gasteiger partial charge in [0.05, 0.1) is 0 Å². The highest BCUT2D eigenvalue weighted by molar-refractivity contribution is 5.82. The fourth-order valence-corrected chi connectivity index (χ4v) is 2.47. The van der Waals surface area contributed by atoms with Crippen molar-refractivity contribution in [3.8, 4) is 0 Å². The largest absolute Gasteiger partial charge is 0.361 e. The van der Waals surface area contributed by atoms with Crippen LogP contribution in [0.2, 0.25) is 0 Å². The summed E-state index contributed by atoms with van der Waals surface area (Å²) < 4.78 is 0. The molecule has 0 fully saturated rings. The van der Waals surface area contributed by atoms with Crippen LogP contribution in [0.1, 0.15) is 67.4 Å². The summed E-state index contributed by atoms with van der Waals surface area (Å²) >= 11 is 0. The maximum atomic E-state index is 4.50. The van der Waals surface area contributed by atoms with Gasteiger partial charge in [-0.15, -0.1) is 0 Å². The van der Waals surface area contributed by atoms with Crippen molar-refractivity contribution >= 4 is 10.9 Å². The number of H-pyrrole nitrogens is 1. The Hall–Kier alpha value is -1.58. The van der Waals surface area contributed by atoms with Crippen molar-refractivity contribution in [3.05, 3.63) is 47.7 Å². The molecule has 2 rings (SSSR count). The molecule has 0 aliphatic rings. The van der Waals surface area contributed by atoms with Crippen LogP contribution >= 0.6 is 0 Å². The molecule has 3 nitrogen and oxygen atoms in total. The summed E-state index contributed by atoms with van der Waals surface area (Å²) in [6, 6.07) is 8.53. The van der Waals surface area contributed by atoms with Crippen LogP contribution in [0.15, 0.2) is 42.1 Å². The molecular formula is C24H47N3. The average molecular weight is 378 g/mol. The molecular weight excluding hydrogens is 330 g/mol. The van der Waals surface area contributed by atoms with Gasteiger partial charge < -0.3 is 15.6 Å². The second-order valence-corrected chi connectivity index (χ2v) is 5.34. The number of likely N-dealkylation sites (N-methyl/N-ethyl adjacent to an activating group) is 1. The van der Waals surface area contributed by atoms with Crippen LogP contribution < -0.4 is 5.73 Å². The summed E-state index contributed by atoms with van der Waals surface area (Å²) in [5.41, 5.74) is 8.62. The Bertz CT molecular complexity index is 556. The monoisotopic (exact) mass is 377 g/mol. The molecule has 0 aliphatic heterocycles. The normalized spacial score (nSPS) is 9.70. The zero-order chi connectivity index (χ0) is 21.7. The molecule has 2 aromatic rings. The van der Waals surface area contributed by atoms with E-state index in [4.69, 9.17) is 0 Å². The van der Waals surface area contributed by atoms with E-state index in [9.17, 15) is 0 Å². The van der Waals surface area contributed by atoms with Crippen molar-refractivity contribution in [1.29, 1.82) is 0 Å². The van der Waals surface area contributed by atoms with E-state index in [0.29, 0.717) is 0 Å². The minimum absolute atomic E-state index is 1.07. The van der Waals surface area contributed by atoms with Crippen molar-refractivity contribution in [2.45, 2.75) is 68.2 Å². The number of aromatic amines is 1. The molecule has 3 N–H and O–H groups in total. The van der Waals surface area contributed by atoms with Gasteiger partial charge in [0, 0.05) is 23.6 Å². The lowest BCUT2D eigenvalue weighted by atomic mass is 10.1. The van der Waals surface area contributed by atoms with Crippen molar-refractivity contribution in [2.24, 2.45) is 5.73 Å². The topological polar surface area (TPSA) is 45.0 Å².